The van der Waals surface area contributed by atoms with Gasteiger partial charge in [0.25, 0.3) is 15.0 Å². The highest BCUT2D eigenvalue weighted by atomic mass is 35.7. The van der Waals surface area contributed by atoms with E-state index in [0.717, 1.165) is 11.3 Å². The summed E-state index contributed by atoms with van der Waals surface area (Å²) >= 11 is 0.910. The van der Waals surface area contributed by atoms with E-state index in [4.69, 9.17) is 10.7 Å². The van der Waals surface area contributed by atoms with Crippen LogP contribution in [0.2, 0.25) is 0 Å². The quantitative estimate of drug-likeness (QED) is 0.820. The van der Waals surface area contributed by atoms with Gasteiger partial charge in [-0.25, -0.2) is 8.42 Å². The highest BCUT2D eigenvalue weighted by Gasteiger charge is 2.21. The molecule has 0 bridgehead atoms. The molecule has 0 saturated heterocycles. The molecule has 0 aliphatic carbocycles. The van der Waals surface area contributed by atoms with Crippen molar-refractivity contribution >= 4 is 47.8 Å². The van der Waals surface area contributed by atoms with E-state index in [1.165, 1.54) is 12.3 Å². The van der Waals surface area contributed by atoms with Crippen LogP contribution in [0.3, 0.4) is 0 Å². The number of carbonyl (C=O) groups excluding carboxylic acids is 1. The molecule has 0 fully saturated rings. The highest BCUT2D eigenvalue weighted by Crippen LogP contribution is 2.29. The molecule has 9 heteroatoms. The second-order valence-corrected chi connectivity index (χ2v) is 8.73. The summed E-state index contributed by atoms with van der Waals surface area (Å²) in [6, 6.07) is 0. The molecule has 1 aromatic rings. The third-order valence-corrected chi connectivity index (χ3v) is 6.22. The summed E-state index contributed by atoms with van der Waals surface area (Å²) in [6.45, 7) is 1.80. The summed E-state index contributed by atoms with van der Waals surface area (Å²) in [6.07, 6.45) is 1.54. The molecule has 0 aliphatic heterocycles. The summed E-state index contributed by atoms with van der Waals surface area (Å²) < 4.78 is 33.2. The van der Waals surface area contributed by atoms with Crippen molar-refractivity contribution in [3.8, 4) is 0 Å². The molecule has 0 aromatic carbocycles. The van der Waals surface area contributed by atoms with Gasteiger partial charge in [0.2, 0.25) is 0 Å². The van der Waals surface area contributed by atoms with E-state index in [0.29, 0.717) is 11.3 Å². The van der Waals surface area contributed by atoms with Gasteiger partial charge in [0.15, 0.2) is 0 Å². The lowest BCUT2D eigenvalue weighted by Crippen LogP contribution is -2.27. The Balaban J connectivity index is 2.82. The molecule has 0 radical (unpaired) electrons. The number of thiophene rings is 1. The molecule has 1 unspecified atom stereocenters. The topological polar surface area (TPSA) is 80.3 Å². The fourth-order valence-electron chi connectivity index (χ4n) is 1.27. The standard InChI is InChI=1S/C9H12ClNO4S3/c1-6-7(5-16-9(6)18(10,14)15)8(12)11-3-4-17(2)13/h5H,3-4H2,1-2H3,(H,11,12). The van der Waals surface area contributed by atoms with Crippen molar-refractivity contribution in [2.45, 2.75) is 11.1 Å². The van der Waals surface area contributed by atoms with Crippen LogP contribution < -0.4 is 5.32 Å². The normalized spacial score (nSPS) is 13.3. The Labute approximate surface area is 116 Å². The smallest absolute Gasteiger partial charge is 0.271 e. The first-order chi connectivity index (χ1) is 8.23. The van der Waals surface area contributed by atoms with Gasteiger partial charge in [-0.15, -0.1) is 11.3 Å². The summed E-state index contributed by atoms with van der Waals surface area (Å²) in [5.41, 5.74) is 0.617. The van der Waals surface area contributed by atoms with Gasteiger partial charge in [0.05, 0.1) is 5.56 Å². The van der Waals surface area contributed by atoms with Gasteiger partial charge >= 0.3 is 0 Å². The fraction of sp³-hybridized carbons (Fsp3) is 0.444. The monoisotopic (exact) mass is 329 g/mol. The molecule has 0 saturated carbocycles. The van der Waals surface area contributed by atoms with Gasteiger partial charge in [-0.05, 0) is 12.5 Å². The summed E-state index contributed by atoms with van der Waals surface area (Å²) in [7, 11) is 0.439. The Morgan fingerprint density at radius 1 is 1.56 bits per heavy atom. The molecular formula is C9H12ClNO4S3. The maximum atomic E-state index is 11.7. The second-order valence-electron chi connectivity index (χ2n) is 3.53. The number of hydrogen-bond acceptors (Lipinski definition) is 5. The van der Waals surface area contributed by atoms with Crippen LogP contribution in [0.1, 0.15) is 15.9 Å². The summed E-state index contributed by atoms with van der Waals surface area (Å²) in [5, 5.41) is 4.02. The number of rotatable bonds is 5. The first kappa shape index (κ1) is 15.6. The summed E-state index contributed by atoms with van der Waals surface area (Å²) in [5.74, 6) is -0.0314. The Kier molecular flexibility index (Phi) is 5.32. The van der Waals surface area contributed by atoms with Crippen LogP contribution >= 0.6 is 22.0 Å². The molecular weight excluding hydrogens is 318 g/mol. The Morgan fingerprint density at radius 3 is 2.61 bits per heavy atom. The third kappa shape index (κ3) is 4.04. The SMILES string of the molecule is Cc1c(C(=O)NCCS(C)=O)csc1S(=O)(=O)Cl. The molecule has 1 heterocycles. The summed E-state index contributed by atoms with van der Waals surface area (Å²) in [4.78, 5) is 11.7. The van der Waals surface area contributed by atoms with Crippen LogP contribution in [0.25, 0.3) is 0 Å². The van der Waals surface area contributed by atoms with Gasteiger partial charge in [-0.2, -0.15) is 0 Å². The van der Waals surface area contributed by atoms with Crippen LogP contribution in [0.15, 0.2) is 9.59 Å². The lowest BCUT2D eigenvalue weighted by Gasteiger charge is -2.03. The molecule has 0 spiro atoms. The van der Waals surface area contributed by atoms with Crippen LogP contribution in [-0.2, 0) is 19.9 Å². The van der Waals surface area contributed by atoms with Crippen molar-refractivity contribution in [3.63, 3.8) is 0 Å². The molecule has 1 amide bonds. The molecule has 1 N–H and O–H groups in total. The minimum atomic E-state index is -3.82. The van der Waals surface area contributed by atoms with E-state index in [1.54, 1.807) is 6.26 Å². The number of carbonyl (C=O) groups is 1. The molecule has 1 aromatic heterocycles. The van der Waals surface area contributed by atoms with E-state index in [-0.39, 0.29) is 22.2 Å². The highest BCUT2D eigenvalue weighted by molar-refractivity contribution is 8.15. The zero-order valence-electron chi connectivity index (χ0n) is 9.73. The maximum absolute atomic E-state index is 11.7. The van der Waals surface area contributed by atoms with E-state index in [1.807, 2.05) is 0 Å². The third-order valence-electron chi connectivity index (χ3n) is 2.14. The lowest BCUT2D eigenvalue weighted by molar-refractivity contribution is 0.0956. The van der Waals surface area contributed by atoms with Crippen molar-refractivity contribution in [2.75, 3.05) is 18.6 Å². The van der Waals surface area contributed by atoms with Gasteiger partial charge in [-0.1, -0.05) is 0 Å². The minimum Gasteiger partial charge on any atom is -0.351 e. The van der Waals surface area contributed by atoms with Crippen molar-refractivity contribution in [1.82, 2.24) is 5.32 Å². The molecule has 0 aliphatic rings. The van der Waals surface area contributed by atoms with Gasteiger partial charge in [0, 0.05) is 45.4 Å². The number of nitrogens with one attached hydrogen (secondary N) is 1. The minimum absolute atomic E-state index is 0.0200. The zero-order valence-corrected chi connectivity index (χ0v) is 12.9. The Morgan fingerprint density at radius 2 is 2.17 bits per heavy atom. The van der Waals surface area contributed by atoms with E-state index < -0.39 is 19.9 Å². The van der Waals surface area contributed by atoms with Crippen LogP contribution in [0.4, 0.5) is 0 Å². The van der Waals surface area contributed by atoms with Gasteiger partial charge < -0.3 is 5.32 Å². The van der Waals surface area contributed by atoms with Gasteiger partial charge in [0.1, 0.15) is 4.21 Å². The van der Waals surface area contributed by atoms with Crippen molar-refractivity contribution in [3.05, 3.63) is 16.5 Å². The van der Waals surface area contributed by atoms with E-state index >= 15 is 0 Å². The predicted molar refractivity (Wildman–Crippen MR) is 73.4 cm³/mol. The average Bonchev–Trinajstić information content (AvgIpc) is 2.58. The number of hydrogen-bond donors (Lipinski definition) is 1. The number of halogens is 1. The number of amides is 1. The second kappa shape index (κ2) is 6.14. The van der Waals surface area contributed by atoms with Gasteiger partial charge in [-0.3, -0.25) is 9.00 Å². The van der Waals surface area contributed by atoms with E-state index in [2.05, 4.69) is 5.32 Å². The van der Waals surface area contributed by atoms with Crippen LogP contribution in [0, 0.1) is 6.92 Å². The fourth-order valence-corrected chi connectivity index (χ4v) is 4.21. The first-order valence-electron chi connectivity index (χ1n) is 4.84. The molecule has 18 heavy (non-hydrogen) atoms. The molecule has 102 valence electrons. The lowest BCUT2D eigenvalue weighted by atomic mass is 10.2. The molecule has 5 nitrogen and oxygen atoms in total. The molecule has 1 rings (SSSR count). The van der Waals surface area contributed by atoms with Crippen molar-refractivity contribution in [2.24, 2.45) is 0 Å². The van der Waals surface area contributed by atoms with Crippen molar-refractivity contribution < 1.29 is 17.4 Å². The largest absolute Gasteiger partial charge is 0.351 e. The first-order valence-corrected chi connectivity index (χ1v) is 9.76. The van der Waals surface area contributed by atoms with Crippen LogP contribution in [-0.4, -0.2) is 37.1 Å². The Bertz CT molecular complexity index is 579. The Hall–Kier alpha value is -0.440. The zero-order chi connectivity index (χ0) is 13.9. The molecule has 1 atom stereocenters. The predicted octanol–water partition coefficient (Wildman–Crippen LogP) is 1.09. The maximum Gasteiger partial charge on any atom is 0.271 e. The van der Waals surface area contributed by atoms with Crippen molar-refractivity contribution in [1.29, 1.82) is 0 Å². The van der Waals surface area contributed by atoms with Crippen LogP contribution in [0.5, 0.6) is 0 Å². The average molecular weight is 330 g/mol. The van der Waals surface area contributed by atoms with E-state index in [9.17, 15) is 17.4 Å².